The standard InChI is InChI=1S/C37H47ClN4O4/c1-7-32(25(2)24-42(5)6)27-10-8-11-31(20-27)45-35(43)21-29(26-14-16-30(38)17-15-26)23-40-37(44)46-34-13-9-12-33-36(34)28(22-39-33)18-19-41(3)4/h8-17,20,22,25,29,32,39H,7,18-19,21,23-24H2,1-6H3,(H,40,44)/t25-,29?,32+/m1/s1. The molecule has 9 heteroatoms. The van der Waals surface area contributed by atoms with Crippen LogP contribution in [0.25, 0.3) is 10.9 Å². The Morgan fingerprint density at radius 1 is 0.935 bits per heavy atom. The van der Waals surface area contributed by atoms with Gasteiger partial charge in [0.25, 0.3) is 0 Å². The molecule has 1 amide bonds. The molecule has 46 heavy (non-hydrogen) atoms. The lowest BCUT2D eigenvalue weighted by Crippen LogP contribution is -2.32. The number of carbonyl (C=O) groups excluding carboxylic acids is 2. The van der Waals surface area contributed by atoms with Crippen molar-refractivity contribution < 1.29 is 19.1 Å². The zero-order valence-corrected chi connectivity index (χ0v) is 28.6. The van der Waals surface area contributed by atoms with Crippen LogP contribution in [-0.2, 0) is 11.2 Å². The van der Waals surface area contributed by atoms with Crippen LogP contribution in [0.4, 0.5) is 4.79 Å². The van der Waals surface area contributed by atoms with Crippen LogP contribution < -0.4 is 14.8 Å². The van der Waals surface area contributed by atoms with Gasteiger partial charge in [-0.2, -0.15) is 0 Å². The summed E-state index contributed by atoms with van der Waals surface area (Å²) < 4.78 is 11.7. The number of rotatable bonds is 15. The van der Waals surface area contributed by atoms with Crippen LogP contribution in [-0.4, -0.2) is 74.7 Å². The van der Waals surface area contributed by atoms with E-state index in [0.29, 0.717) is 28.4 Å². The fraction of sp³-hybridized carbons (Fsp3) is 0.405. The topological polar surface area (TPSA) is 86.9 Å². The van der Waals surface area contributed by atoms with E-state index in [-0.39, 0.29) is 24.9 Å². The molecule has 1 heterocycles. The minimum atomic E-state index is -0.593. The molecule has 8 nitrogen and oxygen atoms in total. The lowest BCUT2D eigenvalue weighted by atomic mass is 9.85. The summed E-state index contributed by atoms with van der Waals surface area (Å²) in [6, 6.07) is 20.7. The predicted octanol–water partition coefficient (Wildman–Crippen LogP) is 7.48. The summed E-state index contributed by atoms with van der Waals surface area (Å²) in [6.07, 6.45) is 3.23. The van der Waals surface area contributed by atoms with Gasteiger partial charge in [-0.05, 0) is 106 Å². The lowest BCUT2D eigenvalue weighted by molar-refractivity contribution is -0.134. The molecule has 0 aliphatic rings. The number of aromatic amines is 1. The predicted molar refractivity (Wildman–Crippen MR) is 186 cm³/mol. The van der Waals surface area contributed by atoms with Gasteiger partial charge in [-0.3, -0.25) is 4.79 Å². The Kier molecular flexibility index (Phi) is 12.7. The first-order chi connectivity index (χ1) is 22.0. The Balaban J connectivity index is 1.44. The quantitative estimate of drug-likeness (QED) is 0.103. The highest BCUT2D eigenvalue weighted by atomic mass is 35.5. The Hall–Kier alpha value is -3.85. The van der Waals surface area contributed by atoms with Crippen LogP contribution in [0.5, 0.6) is 11.5 Å². The third kappa shape index (κ3) is 9.82. The van der Waals surface area contributed by atoms with Crippen molar-refractivity contribution in [3.63, 3.8) is 0 Å². The number of halogens is 1. The number of nitrogens with one attached hydrogen (secondary N) is 2. The molecule has 3 atom stereocenters. The number of esters is 1. The van der Waals surface area contributed by atoms with Crippen molar-refractivity contribution in [3.8, 4) is 11.5 Å². The molecule has 0 spiro atoms. The molecular formula is C37H47ClN4O4. The largest absolute Gasteiger partial charge is 0.427 e. The molecular weight excluding hydrogens is 600 g/mol. The van der Waals surface area contributed by atoms with Gasteiger partial charge in [0, 0.05) is 47.7 Å². The number of likely N-dealkylation sites (N-methyl/N-ethyl adjacent to an activating group) is 1. The van der Waals surface area contributed by atoms with Gasteiger partial charge in [0.2, 0.25) is 0 Å². The second-order valence-electron chi connectivity index (χ2n) is 12.6. The molecule has 0 saturated carbocycles. The number of ether oxygens (including phenoxy) is 2. The zero-order chi connectivity index (χ0) is 33.2. The highest BCUT2D eigenvalue weighted by molar-refractivity contribution is 6.30. The Bertz CT molecular complexity index is 1580. The number of fused-ring (bicyclic) bond motifs is 1. The number of benzene rings is 3. The van der Waals surface area contributed by atoms with Crippen molar-refractivity contribution in [2.24, 2.45) is 5.92 Å². The molecule has 0 bridgehead atoms. The van der Waals surface area contributed by atoms with Crippen LogP contribution in [0.1, 0.15) is 55.2 Å². The fourth-order valence-electron chi connectivity index (χ4n) is 6.08. The summed E-state index contributed by atoms with van der Waals surface area (Å²) in [7, 11) is 8.22. The van der Waals surface area contributed by atoms with Crippen LogP contribution in [0.15, 0.2) is 72.9 Å². The van der Waals surface area contributed by atoms with Crippen LogP contribution in [0, 0.1) is 5.92 Å². The minimum Gasteiger partial charge on any atom is -0.427 e. The molecule has 1 unspecified atom stereocenters. The molecule has 1 aromatic heterocycles. The minimum absolute atomic E-state index is 0.0580. The highest BCUT2D eigenvalue weighted by Crippen LogP contribution is 2.32. The third-order valence-corrected chi connectivity index (χ3v) is 8.58. The monoisotopic (exact) mass is 646 g/mol. The second-order valence-corrected chi connectivity index (χ2v) is 13.0. The lowest BCUT2D eigenvalue weighted by Gasteiger charge is -2.26. The first kappa shape index (κ1) is 35.0. The summed E-state index contributed by atoms with van der Waals surface area (Å²) in [5.41, 5.74) is 4.00. The van der Waals surface area contributed by atoms with E-state index in [1.54, 1.807) is 18.2 Å². The van der Waals surface area contributed by atoms with Crippen LogP contribution >= 0.6 is 11.6 Å². The van der Waals surface area contributed by atoms with E-state index in [9.17, 15) is 9.59 Å². The molecule has 246 valence electrons. The molecule has 4 aromatic rings. The molecule has 0 radical (unpaired) electrons. The van der Waals surface area contributed by atoms with Gasteiger partial charge in [0.15, 0.2) is 0 Å². The van der Waals surface area contributed by atoms with E-state index >= 15 is 0 Å². The van der Waals surface area contributed by atoms with Gasteiger partial charge >= 0.3 is 12.1 Å². The number of nitrogens with zero attached hydrogens (tertiary/aromatic N) is 2. The van der Waals surface area contributed by atoms with E-state index in [4.69, 9.17) is 21.1 Å². The molecule has 0 aliphatic carbocycles. The van der Waals surface area contributed by atoms with E-state index in [2.05, 4.69) is 54.1 Å². The van der Waals surface area contributed by atoms with Gasteiger partial charge in [-0.15, -0.1) is 0 Å². The summed E-state index contributed by atoms with van der Waals surface area (Å²) >= 11 is 6.15. The maximum Gasteiger partial charge on any atom is 0.412 e. The summed E-state index contributed by atoms with van der Waals surface area (Å²) in [4.78, 5) is 34.0. The second kappa shape index (κ2) is 16.6. The summed E-state index contributed by atoms with van der Waals surface area (Å²) in [5.74, 6) is 1.05. The van der Waals surface area contributed by atoms with Gasteiger partial charge in [0.1, 0.15) is 11.5 Å². The highest BCUT2D eigenvalue weighted by Gasteiger charge is 2.22. The van der Waals surface area contributed by atoms with Gasteiger partial charge in [-0.25, -0.2) is 4.79 Å². The number of aromatic nitrogens is 1. The van der Waals surface area contributed by atoms with Crippen molar-refractivity contribution in [3.05, 3.63) is 94.6 Å². The number of carbonyl (C=O) groups is 2. The number of amides is 1. The van der Waals surface area contributed by atoms with Crippen molar-refractivity contribution in [1.29, 1.82) is 0 Å². The van der Waals surface area contributed by atoms with E-state index in [0.717, 1.165) is 53.5 Å². The summed E-state index contributed by atoms with van der Waals surface area (Å²) in [5, 5.41) is 4.36. The average Bonchev–Trinajstić information content (AvgIpc) is 3.43. The van der Waals surface area contributed by atoms with Crippen molar-refractivity contribution >= 4 is 34.6 Å². The number of hydrogen-bond donors (Lipinski definition) is 2. The first-order valence-electron chi connectivity index (χ1n) is 15.9. The maximum absolute atomic E-state index is 13.3. The molecule has 0 aliphatic heterocycles. The maximum atomic E-state index is 13.3. The Labute approximate surface area is 278 Å². The van der Waals surface area contributed by atoms with Gasteiger partial charge < -0.3 is 29.6 Å². The van der Waals surface area contributed by atoms with Crippen LogP contribution in [0.3, 0.4) is 0 Å². The van der Waals surface area contributed by atoms with E-state index in [1.807, 2.05) is 62.8 Å². The molecule has 4 rings (SSSR count). The Morgan fingerprint density at radius 3 is 2.37 bits per heavy atom. The van der Waals surface area contributed by atoms with Gasteiger partial charge in [0.05, 0.1) is 6.42 Å². The van der Waals surface area contributed by atoms with E-state index in [1.165, 1.54) is 0 Å². The molecule has 3 aromatic carbocycles. The number of hydrogen-bond acceptors (Lipinski definition) is 6. The zero-order valence-electron chi connectivity index (χ0n) is 27.8. The third-order valence-electron chi connectivity index (χ3n) is 8.33. The molecule has 2 N–H and O–H groups in total. The van der Waals surface area contributed by atoms with Crippen molar-refractivity contribution in [2.75, 3.05) is 47.8 Å². The Morgan fingerprint density at radius 2 is 1.67 bits per heavy atom. The average molecular weight is 647 g/mol. The van der Waals surface area contributed by atoms with Crippen molar-refractivity contribution in [2.45, 2.75) is 44.9 Å². The smallest absolute Gasteiger partial charge is 0.412 e. The normalized spacial score (nSPS) is 13.5. The number of H-pyrrole nitrogens is 1. The first-order valence-corrected chi connectivity index (χ1v) is 16.3. The molecule has 0 saturated heterocycles. The fourth-order valence-corrected chi connectivity index (χ4v) is 6.21. The van der Waals surface area contributed by atoms with Crippen LogP contribution in [0.2, 0.25) is 5.02 Å². The molecule has 0 fully saturated rings. The van der Waals surface area contributed by atoms with Crippen molar-refractivity contribution in [1.82, 2.24) is 20.1 Å². The van der Waals surface area contributed by atoms with Gasteiger partial charge in [-0.1, -0.05) is 55.8 Å². The summed E-state index contributed by atoms with van der Waals surface area (Å²) in [6.45, 7) is 6.45. The van der Waals surface area contributed by atoms with E-state index < -0.39 is 6.09 Å². The SMILES string of the molecule is CC[C@H](c1cccc(OC(=O)CC(CNC(=O)Oc2cccc3[nH]cc(CCN(C)C)c23)c2ccc(Cl)cc2)c1)[C@H](C)CN(C)C.